The van der Waals surface area contributed by atoms with E-state index >= 15 is 0 Å². The highest BCUT2D eigenvalue weighted by molar-refractivity contribution is 5.75. The van der Waals surface area contributed by atoms with Crippen LogP contribution < -0.4 is 5.32 Å². The summed E-state index contributed by atoms with van der Waals surface area (Å²) in [5.74, 6) is 0.537. The number of nitrogens with one attached hydrogen (secondary N) is 1. The third-order valence-electron chi connectivity index (χ3n) is 4.41. The summed E-state index contributed by atoms with van der Waals surface area (Å²) in [6, 6.07) is -0.0604. The predicted molar refractivity (Wildman–Crippen MR) is 83.2 cm³/mol. The van der Waals surface area contributed by atoms with Crippen molar-refractivity contribution in [2.45, 2.75) is 65.3 Å². The number of carbonyl (C=O) groups excluding carboxylic acids is 1. The highest BCUT2D eigenvalue weighted by Gasteiger charge is 2.27. The van der Waals surface area contributed by atoms with Gasteiger partial charge in [0.25, 0.3) is 0 Å². The van der Waals surface area contributed by atoms with Gasteiger partial charge in [-0.1, -0.05) is 13.8 Å². The summed E-state index contributed by atoms with van der Waals surface area (Å²) < 4.78 is 0. The van der Waals surface area contributed by atoms with Crippen LogP contribution in [0.5, 0.6) is 0 Å². The van der Waals surface area contributed by atoms with Crippen molar-refractivity contribution in [3.05, 3.63) is 0 Å². The standard InChI is InChI=1S/C16H30N2O3/c1-12(2)13-6-5-10-18(11-8-13)15(21)17-16(3,4)9-7-14(19)20/h12-13H,5-11H2,1-4H3,(H,17,21)(H,19,20). The first-order valence-corrected chi connectivity index (χ1v) is 8.00. The Morgan fingerprint density at radius 2 is 1.95 bits per heavy atom. The van der Waals surface area contributed by atoms with Crippen molar-refractivity contribution in [2.75, 3.05) is 13.1 Å². The van der Waals surface area contributed by atoms with Crippen LogP contribution in [0.25, 0.3) is 0 Å². The summed E-state index contributed by atoms with van der Waals surface area (Å²) in [6.07, 6.45) is 3.80. The van der Waals surface area contributed by atoms with Crippen LogP contribution in [0.3, 0.4) is 0 Å². The van der Waals surface area contributed by atoms with Gasteiger partial charge in [-0.15, -0.1) is 0 Å². The van der Waals surface area contributed by atoms with Crippen LogP contribution >= 0.6 is 0 Å². The Balaban J connectivity index is 2.49. The molecule has 0 saturated carbocycles. The van der Waals surface area contributed by atoms with E-state index in [1.807, 2.05) is 18.7 Å². The fraction of sp³-hybridized carbons (Fsp3) is 0.875. The monoisotopic (exact) mass is 298 g/mol. The molecule has 0 aromatic heterocycles. The Labute approximate surface area is 128 Å². The molecule has 1 atom stereocenters. The molecular weight excluding hydrogens is 268 g/mol. The van der Waals surface area contributed by atoms with Crippen LogP contribution in [0.1, 0.15) is 59.8 Å². The number of hydrogen-bond acceptors (Lipinski definition) is 2. The quantitative estimate of drug-likeness (QED) is 0.819. The van der Waals surface area contributed by atoms with Gasteiger partial charge in [-0.2, -0.15) is 0 Å². The van der Waals surface area contributed by atoms with Crippen LogP contribution in [0.15, 0.2) is 0 Å². The van der Waals surface area contributed by atoms with E-state index < -0.39 is 11.5 Å². The first-order chi connectivity index (χ1) is 9.71. The Bertz CT molecular complexity index is 367. The number of hydrogen-bond donors (Lipinski definition) is 2. The Hall–Kier alpha value is -1.26. The summed E-state index contributed by atoms with van der Waals surface area (Å²) >= 11 is 0. The third kappa shape index (κ3) is 6.36. The van der Waals surface area contributed by atoms with E-state index in [4.69, 9.17) is 5.11 Å². The second kappa shape index (κ2) is 7.66. The molecular formula is C16H30N2O3. The van der Waals surface area contributed by atoms with Crippen molar-refractivity contribution in [1.82, 2.24) is 10.2 Å². The largest absolute Gasteiger partial charge is 0.481 e. The molecule has 1 fully saturated rings. The first kappa shape index (κ1) is 17.8. The van der Waals surface area contributed by atoms with E-state index in [2.05, 4.69) is 19.2 Å². The minimum absolute atomic E-state index is 0.0604. The molecule has 0 aliphatic carbocycles. The number of carbonyl (C=O) groups is 2. The lowest BCUT2D eigenvalue weighted by atomic mass is 9.89. The maximum absolute atomic E-state index is 12.4. The van der Waals surface area contributed by atoms with Gasteiger partial charge < -0.3 is 15.3 Å². The normalized spacial score (nSPS) is 20.2. The van der Waals surface area contributed by atoms with Gasteiger partial charge >= 0.3 is 12.0 Å². The number of aliphatic carboxylic acids is 1. The Morgan fingerprint density at radius 3 is 2.52 bits per heavy atom. The Morgan fingerprint density at radius 1 is 1.29 bits per heavy atom. The van der Waals surface area contributed by atoms with Gasteiger partial charge in [-0.25, -0.2) is 4.79 Å². The average Bonchev–Trinajstić information content (AvgIpc) is 2.61. The zero-order chi connectivity index (χ0) is 16.0. The van der Waals surface area contributed by atoms with Crippen molar-refractivity contribution in [3.63, 3.8) is 0 Å². The lowest BCUT2D eigenvalue weighted by molar-refractivity contribution is -0.137. The molecule has 5 nitrogen and oxygen atoms in total. The molecule has 122 valence electrons. The second-order valence-corrected chi connectivity index (χ2v) is 7.13. The molecule has 0 spiro atoms. The highest BCUT2D eigenvalue weighted by Crippen LogP contribution is 2.24. The average molecular weight is 298 g/mol. The van der Waals surface area contributed by atoms with E-state index in [0.29, 0.717) is 18.3 Å². The third-order valence-corrected chi connectivity index (χ3v) is 4.41. The van der Waals surface area contributed by atoms with Gasteiger partial charge in [0.1, 0.15) is 0 Å². The molecule has 0 aromatic rings. The summed E-state index contributed by atoms with van der Waals surface area (Å²) in [7, 11) is 0. The van der Waals surface area contributed by atoms with Gasteiger partial charge in [0.05, 0.1) is 0 Å². The second-order valence-electron chi connectivity index (χ2n) is 7.13. The molecule has 1 aliphatic heterocycles. The number of carboxylic acid groups (broad SMARTS) is 1. The van der Waals surface area contributed by atoms with Crippen LogP contribution in [-0.4, -0.2) is 40.6 Å². The SMILES string of the molecule is CC(C)C1CCCN(C(=O)NC(C)(C)CCC(=O)O)CC1. The van der Waals surface area contributed by atoms with Crippen molar-refractivity contribution in [3.8, 4) is 0 Å². The van der Waals surface area contributed by atoms with E-state index in [-0.39, 0.29) is 12.5 Å². The van der Waals surface area contributed by atoms with Crippen LogP contribution in [0.4, 0.5) is 4.79 Å². The minimum atomic E-state index is -0.827. The van der Waals surface area contributed by atoms with Crippen molar-refractivity contribution < 1.29 is 14.7 Å². The number of amides is 2. The van der Waals surface area contributed by atoms with E-state index in [1.54, 1.807) is 0 Å². The van der Waals surface area contributed by atoms with Crippen LogP contribution in [0, 0.1) is 11.8 Å². The molecule has 1 aliphatic rings. The van der Waals surface area contributed by atoms with Gasteiger partial charge in [0.2, 0.25) is 0 Å². The van der Waals surface area contributed by atoms with Gasteiger partial charge in [-0.05, 0) is 51.4 Å². The molecule has 1 unspecified atom stereocenters. The smallest absolute Gasteiger partial charge is 0.317 e. The topological polar surface area (TPSA) is 69.6 Å². The molecule has 0 radical (unpaired) electrons. The lowest BCUT2D eigenvalue weighted by Crippen LogP contribution is -2.50. The summed E-state index contributed by atoms with van der Waals surface area (Å²) in [5.41, 5.74) is -0.487. The molecule has 2 amide bonds. The number of rotatable bonds is 5. The molecule has 1 heterocycles. The van der Waals surface area contributed by atoms with E-state index in [1.165, 1.54) is 6.42 Å². The number of urea groups is 1. The molecule has 0 bridgehead atoms. The van der Waals surface area contributed by atoms with Crippen LogP contribution in [0.2, 0.25) is 0 Å². The molecule has 1 saturated heterocycles. The van der Waals surface area contributed by atoms with Crippen LogP contribution in [-0.2, 0) is 4.79 Å². The zero-order valence-corrected chi connectivity index (χ0v) is 13.8. The minimum Gasteiger partial charge on any atom is -0.481 e. The Kier molecular flexibility index (Phi) is 6.49. The molecule has 21 heavy (non-hydrogen) atoms. The van der Waals surface area contributed by atoms with Gasteiger partial charge in [0, 0.05) is 25.0 Å². The van der Waals surface area contributed by atoms with Gasteiger partial charge in [-0.3, -0.25) is 4.79 Å². The zero-order valence-electron chi connectivity index (χ0n) is 13.8. The fourth-order valence-electron chi connectivity index (χ4n) is 2.84. The first-order valence-electron chi connectivity index (χ1n) is 8.00. The van der Waals surface area contributed by atoms with Gasteiger partial charge in [0.15, 0.2) is 0 Å². The maximum atomic E-state index is 12.4. The van der Waals surface area contributed by atoms with E-state index in [9.17, 15) is 9.59 Å². The van der Waals surface area contributed by atoms with Crippen molar-refractivity contribution in [2.24, 2.45) is 11.8 Å². The fourth-order valence-corrected chi connectivity index (χ4v) is 2.84. The lowest BCUT2D eigenvalue weighted by Gasteiger charge is -2.30. The van der Waals surface area contributed by atoms with Crippen molar-refractivity contribution in [1.29, 1.82) is 0 Å². The maximum Gasteiger partial charge on any atom is 0.317 e. The van der Waals surface area contributed by atoms with Crippen molar-refractivity contribution >= 4 is 12.0 Å². The van der Waals surface area contributed by atoms with E-state index in [0.717, 1.165) is 25.9 Å². The molecule has 2 N–H and O–H groups in total. The number of nitrogens with zero attached hydrogens (tertiary/aromatic N) is 1. The summed E-state index contributed by atoms with van der Waals surface area (Å²) in [4.78, 5) is 24.9. The summed E-state index contributed by atoms with van der Waals surface area (Å²) in [5, 5.41) is 11.7. The predicted octanol–water partition coefficient (Wildman–Crippen LogP) is 3.10. The number of likely N-dealkylation sites (tertiary alicyclic amines) is 1. The number of carboxylic acids is 1. The molecule has 0 aromatic carbocycles. The highest BCUT2D eigenvalue weighted by atomic mass is 16.4. The molecule has 5 heteroatoms. The molecule has 1 rings (SSSR count). The summed E-state index contributed by atoms with van der Waals surface area (Å²) in [6.45, 7) is 9.84.